The number of pyridine rings is 1. The van der Waals surface area contributed by atoms with E-state index in [-0.39, 0.29) is 23.3 Å². The molecule has 1 aromatic carbocycles. The van der Waals surface area contributed by atoms with Gasteiger partial charge >= 0.3 is 0 Å². The van der Waals surface area contributed by atoms with E-state index in [1.54, 1.807) is 0 Å². The molecule has 2 saturated carbocycles. The lowest BCUT2D eigenvalue weighted by Gasteiger charge is -2.29. The lowest BCUT2D eigenvalue weighted by Crippen LogP contribution is -2.38. The maximum atomic E-state index is 13.4. The summed E-state index contributed by atoms with van der Waals surface area (Å²) in [5.74, 6) is -0.751. The van der Waals surface area contributed by atoms with E-state index in [1.165, 1.54) is 18.6 Å². The summed E-state index contributed by atoms with van der Waals surface area (Å²) in [7, 11) is -3.33. The molecule has 2 fully saturated rings. The molecule has 0 saturated heterocycles. The number of hydrogen-bond acceptors (Lipinski definition) is 5. The fourth-order valence-electron chi connectivity index (χ4n) is 5.18. The molecule has 9 heteroatoms. The van der Waals surface area contributed by atoms with E-state index in [0.717, 1.165) is 55.9 Å². The summed E-state index contributed by atoms with van der Waals surface area (Å²) < 4.78 is 23.2. The Labute approximate surface area is 198 Å². The molecule has 0 bridgehead atoms. The van der Waals surface area contributed by atoms with E-state index in [0.29, 0.717) is 22.4 Å². The maximum absolute atomic E-state index is 13.4. The number of nitrogens with one attached hydrogen (secondary N) is 3. The van der Waals surface area contributed by atoms with Crippen molar-refractivity contribution >= 4 is 32.6 Å². The summed E-state index contributed by atoms with van der Waals surface area (Å²) in [5, 5.41) is 7.44. The molecule has 0 spiro atoms. The zero-order valence-electron chi connectivity index (χ0n) is 18.9. The molecule has 3 N–H and O–H groups in total. The van der Waals surface area contributed by atoms with Crippen LogP contribution in [0, 0.1) is 0 Å². The maximum Gasteiger partial charge on any atom is 0.261 e. The summed E-state index contributed by atoms with van der Waals surface area (Å²) >= 11 is 0. The molecule has 5 rings (SSSR count). The topological polar surface area (TPSA) is 125 Å². The van der Waals surface area contributed by atoms with E-state index in [1.807, 2.05) is 12.1 Å². The summed E-state index contributed by atoms with van der Waals surface area (Å²) in [6.07, 6.45) is 9.85. The van der Waals surface area contributed by atoms with Gasteiger partial charge in [-0.15, -0.1) is 0 Å². The number of carbonyl (C=O) groups is 2. The second-order valence-electron chi connectivity index (χ2n) is 9.68. The number of H-pyrrole nitrogens is 1. The smallest absolute Gasteiger partial charge is 0.261 e. The van der Waals surface area contributed by atoms with Gasteiger partial charge in [0.25, 0.3) is 17.4 Å². The number of amides is 2. The third kappa shape index (κ3) is 4.53. The van der Waals surface area contributed by atoms with Crippen molar-refractivity contribution < 1.29 is 18.0 Å². The molecule has 1 atom stereocenters. The highest BCUT2D eigenvalue weighted by atomic mass is 32.2. The van der Waals surface area contributed by atoms with Crippen LogP contribution in [0.5, 0.6) is 0 Å². The first kappa shape index (κ1) is 22.8. The van der Waals surface area contributed by atoms with E-state index in [9.17, 15) is 22.8 Å². The van der Waals surface area contributed by atoms with Crippen molar-refractivity contribution in [1.82, 2.24) is 15.6 Å². The summed E-state index contributed by atoms with van der Waals surface area (Å²) in [6.45, 7) is 0. The number of aromatic nitrogens is 1. The van der Waals surface area contributed by atoms with Crippen molar-refractivity contribution in [2.45, 2.75) is 69.4 Å². The molecule has 0 radical (unpaired) electrons. The zero-order valence-corrected chi connectivity index (χ0v) is 19.7. The number of sulfone groups is 1. The minimum Gasteiger partial charge on any atom is -0.349 e. The fourth-order valence-corrected chi connectivity index (χ4v) is 6.42. The Hall–Kier alpha value is -2.94. The Morgan fingerprint density at radius 2 is 1.71 bits per heavy atom. The van der Waals surface area contributed by atoms with Crippen LogP contribution in [0.4, 0.5) is 0 Å². The quantitative estimate of drug-likeness (QED) is 0.603. The minimum absolute atomic E-state index is 0.111. The minimum atomic E-state index is -3.33. The Bertz CT molecular complexity index is 1330. The Morgan fingerprint density at radius 1 is 0.941 bits per heavy atom. The Kier molecular flexibility index (Phi) is 6.06. The lowest BCUT2D eigenvalue weighted by atomic mass is 9.77. The lowest BCUT2D eigenvalue weighted by molar-refractivity contribution is 0.0924. The van der Waals surface area contributed by atoms with Gasteiger partial charge in [0.15, 0.2) is 9.84 Å². The molecule has 180 valence electrons. The highest BCUT2D eigenvalue weighted by Crippen LogP contribution is 2.39. The predicted octanol–water partition coefficient (Wildman–Crippen LogP) is 2.90. The van der Waals surface area contributed by atoms with Crippen molar-refractivity contribution in [3.05, 3.63) is 56.7 Å². The third-order valence-electron chi connectivity index (χ3n) is 7.26. The van der Waals surface area contributed by atoms with Gasteiger partial charge in [0, 0.05) is 11.4 Å². The van der Waals surface area contributed by atoms with Crippen LogP contribution in [0.25, 0.3) is 10.9 Å². The third-order valence-corrected chi connectivity index (χ3v) is 8.65. The molecule has 0 unspecified atom stereocenters. The highest BCUT2D eigenvalue weighted by Gasteiger charge is 2.29. The second-order valence-corrected chi connectivity index (χ2v) is 11.6. The van der Waals surface area contributed by atoms with Crippen LogP contribution < -0.4 is 16.2 Å². The zero-order chi connectivity index (χ0) is 23.9. The molecular formula is C25H29N3O5S. The molecule has 1 aromatic heterocycles. The molecule has 2 heterocycles. The van der Waals surface area contributed by atoms with Crippen molar-refractivity contribution in [1.29, 1.82) is 0 Å². The second kappa shape index (κ2) is 9.02. The summed E-state index contributed by atoms with van der Waals surface area (Å²) in [6, 6.07) is 4.73. The highest BCUT2D eigenvalue weighted by molar-refractivity contribution is 7.94. The van der Waals surface area contributed by atoms with Gasteiger partial charge in [-0.1, -0.05) is 37.8 Å². The van der Waals surface area contributed by atoms with Gasteiger partial charge in [0.2, 0.25) is 0 Å². The normalized spacial score (nSPS) is 22.4. The van der Waals surface area contributed by atoms with Gasteiger partial charge in [-0.05, 0) is 54.7 Å². The first-order chi connectivity index (χ1) is 16.3. The Morgan fingerprint density at radius 3 is 2.35 bits per heavy atom. The first-order valence-corrected chi connectivity index (χ1v) is 13.7. The van der Waals surface area contributed by atoms with Crippen LogP contribution in [0.2, 0.25) is 0 Å². The van der Waals surface area contributed by atoms with Crippen LogP contribution >= 0.6 is 0 Å². The molecule has 2 aliphatic carbocycles. The molecule has 34 heavy (non-hydrogen) atoms. The SMILES string of the molecule is O=C(N[C@@H]1C=CS(=O)(=O)C1)c1cc2ccc(C3CCC3)c(C(=O)NC3CCCCC3)c2[nH]c1=O. The van der Waals surface area contributed by atoms with E-state index >= 15 is 0 Å². The van der Waals surface area contributed by atoms with E-state index < -0.39 is 27.3 Å². The number of hydrogen-bond donors (Lipinski definition) is 3. The summed E-state index contributed by atoms with van der Waals surface area (Å²) in [5.41, 5.74) is 1.18. The number of aromatic amines is 1. The monoisotopic (exact) mass is 483 g/mol. The number of benzene rings is 1. The van der Waals surface area contributed by atoms with Crippen LogP contribution in [0.3, 0.4) is 0 Å². The van der Waals surface area contributed by atoms with Gasteiger partial charge in [0.1, 0.15) is 5.56 Å². The number of fused-ring (bicyclic) bond motifs is 1. The standard InChI is InChI=1S/C25H29N3O5S/c29-23(27-18-11-12-34(32,33)14-18)20-13-16-9-10-19(15-5-4-6-15)21(22(16)28-24(20)30)25(31)26-17-7-2-1-3-8-17/h9-13,15,17-18H,1-8,14H2,(H,26,31)(H,27,29)(H,28,30)/t18-/m1/s1. The molecule has 8 nitrogen and oxygen atoms in total. The van der Waals surface area contributed by atoms with Crippen molar-refractivity contribution in [3.63, 3.8) is 0 Å². The number of rotatable bonds is 5. The van der Waals surface area contributed by atoms with Crippen LogP contribution in [-0.2, 0) is 9.84 Å². The molecule has 3 aliphatic rings. The van der Waals surface area contributed by atoms with Crippen molar-refractivity contribution in [3.8, 4) is 0 Å². The molecule has 2 amide bonds. The van der Waals surface area contributed by atoms with Gasteiger partial charge in [-0.2, -0.15) is 0 Å². The van der Waals surface area contributed by atoms with Crippen molar-refractivity contribution in [2.75, 3.05) is 5.75 Å². The fraction of sp³-hybridized carbons (Fsp3) is 0.480. The number of carbonyl (C=O) groups excluding carboxylic acids is 2. The molecular weight excluding hydrogens is 454 g/mol. The summed E-state index contributed by atoms with van der Waals surface area (Å²) in [4.78, 5) is 41.9. The predicted molar refractivity (Wildman–Crippen MR) is 130 cm³/mol. The first-order valence-electron chi connectivity index (χ1n) is 12.0. The van der Waals surface area contributed by atoms with Gasteiger partial charge < -0.3 is 15.6 Å². The van der Waals surface area contributed by atoms with Gasteiger partial charge in [-0.25, -0.2) is 8.42 Å². The average Bonchev–Trinajstić information content (AvgIpc) is 3.10. The van der Waals surface area contributed by atoms with Gasteiger partial charge in [-0.3, -0.25) is 14.4 Å². The largest absolute Gasteiger partial charge is 0.349 e. The Balaban J connectivity index is 1.49. The van der Waals surface area contributed by atoms with E-state index in [2.05, 4.69) is 15.6 Å². The van der Waals surface area contributed by atoms with E-state index in [4.69, 9.17) is 0 Å². The molecule has 2 aromatic rings. The average molecular weight is 484 g/mol. The van der Waals surface area contributed by atoms with Crippen LogP contribution in [0.15, 0.2) is 34.5 Å². The van der Waals surface area contributed by atoms with Crippen LogP contribution in [0.1, 0.15) is 83.6 Å². The molecule has 1 aliphatic heterocycles. The van der Waals surface area contributed by atoms with Crippen LogP contribution in [-0.4, -0.2) is 43.1 Å². The van der Waals surface area contributed by atoms with Gasteiger partial charge in [0.05, 0.1) is 22.9 Å². The van der Waals surface area contributed by atoms with Crippen molar-refractivity contribution in [2.24, 2.45) is 0 Å².